The zero-order chi connectivity index (χ0) is 15.3. The van der Waals surface area contributed by atoms with Crippen molar-refractivity contribution < 1.29 is 5.11 Å². The van der Waals surface area contributed by atoms with Crippen molar-refractivity contribution in [2.45, 2.75) is 25.2 Å². The third-order valence-electron chi connectivity index (χ3n) is 4.72. The fourth-order valence-electron chi connectivity index (χ4n) is 3.41. The van der Waals surface area contributed by atoms with Crippen LogP contribution in [0.2, 0.25) is 0 Å². The molecule has 1 atom stereocenters. The number of piperidine rings is 1. The van der Waals surface area contributed by atoms with Gasteiger partial charge in [0.2, 0.25) is 0 Å². The largest absolute Gasteiger partial charge is 0.395 e. The van der Waals surface area contributed by atoms with Gasteiger partial charge in [-0.25, -0.2) is 0 Å². The highest BCUT2D eigenvalue weighted by atomic mass is 16.3. The number of benzene rings is 1. The molecular weight excluding hydrogens is 260 g/mol. The van der Waals surface area contributed by atoms with E-state index >= 15 is 0 Å². The Balaban J connectivity index is 1.92. The quantitative estimate of drug-likeness (QED) is 0.870. The van der Waals surface area contributed by atoms with Crippen molar-refractivity contribution in [2.24, 2.45) is 5.92 Å². The van der Waals surface area contributed by atoms with Crippen molar-refractivity contribution >= 4 is 0 Å². The van der Waals surface area contributed by atoms with Crippen LogP contribution in [0, 0.1) is 5.92 Å². The first-order chi connectivity index (χ1) is 10.0. The molecule has 1 aromatic carbocycles. The van der Waals surface area contributed by atoms with E-state index in [0.717, 1.165) is 25.6 Å². The standard InChI is InChI=1S/C18H30N2O/c1-18(15-21,17-7-5-4-6-8-17)14-20-11-9-16(10-12-20)13-19(2)3/h4-8,16,21H,9-15H2,1-3H3. The van der Waals surface area contributed by atoms with E-state index in [1.807, 2.05) is 6.07 Å². The van der Waals surface area contributed by atoms with Gasteiger partial charge < -0.3 is 14.9 Å². The predicted molar refractivity (Wildman–Crippen MR) is 88.6 cm³/mol. The summed E-state index contributed by atoms with van der Waals surface area (Å²) in [5, 5.41) is 9.91. The van der Waals surface area contributed by atoms with Crippen LogP contribution in [0.4, 0.5) is 0 Å². The fourth-order valence-corrected chi connectivity index (χ4v) is 3.41. The van der Waals surface area contributed by atoms with Crippen molar-refractivity contribution in [1.29, 1.82) is 0 Å². The summed E-state index contributed by atoms with van der Waals surface area (Å²) in [6, 6.07) is 10.4. The number of rotatable bonds is 6. The van der Waals surface area contributed by atoms with Crippen molar-refractivity contribution in [3.8, 4) is 0 Å². The third kappa shape index (κ3) is 4.53. The van der Waals surface area contributed by atoms with Crippen molar-refractivity contribution in [3.63, 3.8) is 0 Å². The van der Waals surface area contributed by atoms with Gasteiger partial charge in [0.15, 0.2) is 0 Å². The van der Waals surface area contributed by atoms with Crippen LogP contribution >= 0.6 is 0 Å². The number of nitrogens with zero attached hydrogens (tertiary/aromatic N) is 2. The molecule has 3 nitrogen and oxygen atoms in total. The Morgan fingerprint density at radius 1 is 1.19 bits per heavy atom. The van der Waals surface area contributed by atoms with E-state index in [9.17, 15) is 5.11 Å². The zero-order valence-electron chi connectivity index (χ0n) is 13.8. The number of hydrogen-bond donors (Lipinski definition) is 1. The summed E-state index contributed by atoms with van der Waals surface area (Å²) in [7, 11) is 4.31. The van der Waals surface area contributed by atoms with Crippen LogP contribution in [0.25, 0.3) is 0 Å². The smallest absolute Gasteiger partial charge is 0.0537 e. The van der Waals surface area contributed by atoms with Gasteiger partial charge in [0.05, 0.1) is 6.61 Å². The van der Waals surface area contributed by atoms with Crippen molar-refractivity contribution in [3.05, 3.63) is 35.9 Å². The molecule has 0 bridgehead atoms. The Morgan fingerprint density at radius 3 is 2.33 bits per heavy atom. The lowest BCUT2D eigenvalue weighted by molar-refractivity contribution is 0.107. The van der Waals surface area contributed by atoms with Gasteiger partial charge in [0.25, 0.3) is 0 Å². The minimum atomic E-state index is -0.157. The Bertz CT molecular complexity index is 412. The molecule has 1 unspecified atom stereocenters. The summed E-state index contributed by atoms with van der Waals surface area (Å²) in [5.74, 6) is 0.827. The predicted octanol–water partition coefficient (Wildman–Crippen LogP) is 2.21. The van der Waals surface area contributed by atoms with E-state index in [1.165, 1.54) is 24.9 Å². The summed E-state index contributed by atoms with van der Waals surface area (Å²) < 4.78 is 0. The van der Waals surface area contributed by atoms with E-state index in [0.29, 0.717) is 0 Å². The van der Waals surface area contributed by atoms with Gasteiger partial charge in [-0.05, 0) is 51.5 Å². The second-order valence-corrected chi connectivity index (χ2v) is 7.07. The summed E-state index contributed by atoms with van der Waals surface area (Å²) in [6.07, 6.45) is 2.54. The van der Waals surface area contributed by atoms with Crippen molar-refractivity contribution in [2.75, 3.05) is 46.9 Å². The van der Waals surface area contributed by atoms with Crippen LogP contribution in [0.3, 0.4) is 0 Å². The molecule has 1 saturated heterocycles. The molecule has 0 amide bonds. The molecule has 1 aliphatic heterocycles. The third-order valence-corrected chi connectivity index (χ3v) is 4.72. The maximum atomic E-state index is 9.91. The molecule has 0 saturated carbocycles. The minimum Gasteiger partial charge on any atom is -0.395 e. The highest BCUT2D eigenvalue weighted by Gasteiger charge is 2.30. The summed E-state index contributed by atoms with van der Waals surface area (Å²) >= 11 is 0. The molecule has 2 rings (SSSR count). The van der Waals surface area contributed by atoms with E-state index in [4.69, 9.17) is 0 Å². The zero-order valence-corrected chi connectivity index (χ0v) is 13.8. The number of aliphatic hydroxyl groups is 1. The van der Waals surface area contributed by atoms with Gasteiger partial charge in [-0.1, -0.05) is 37.3 Å². The molecule has 1 aromatic rings. The topological polar surface area (TPSA) is 26.7 Å². The molecule has 0 aromatic heterocycles. The van der Waals surface area contributed by atoms with E-state index in [2.05, 4.69) is 55.1 Å². The lowest BCUT2D eigenvalue weighted by atomic mass is 9.82. The van der Waals surface area contributed by atoms with Gasteiger partial charge in [0, 0.05) is 18.5 Å². The van der Waals surface area contributed by atoms with Crippen LogP contribution in [-0.4, -0.2) is 61.8 Å². The molecule has 21 heavy (non-hydrogen) atoms. The summed E-state index contributed by atoms with van der Waals surface area (Å²) in [5.41, 5.74) is 1.08. The van der Waals surface area contributed by atoms with Crippen LogP contribution in [0.5, 0.6) is 0 Å². The number of hydrogen-bond acceptors (Lipinski definition) is 3. The van der Waals surface area contributed by atoms with Crippen molar-refractivity contribution in [1.82, 2.24) is 9.80 Å². The maximum Gasteiger partial charge on any atom is 0.0537 e. The van der Waals surface area contributed by atoms with Crippen LogP contribution in [-0.2, 0) is 5.41 Å². The van der Waals surface area contributed by atoms with Gasteiger partial charge in [0.1, 0.15) is 0 Å². The van der Waals surface area contributed by atoms with Gasteiger partial charge >= 0.3 is 0 Å². The summed E-state index contributed by atoms with van der Waals surface area (Å²) in [4.78, 5) is 4.82. The van der Waals surface area contributed by atoms with E-state index in [1.54, 1.807) is 0 Å². The van der Waals surface area contributed by atoms with Crippen LogP contribution in [0.1, 0.15) is 25.3 Å². The molecule has 118 valence electrons. The molecule has 0 aliphatic carbocycles. The number of likely N-dealkylation sites (tertiary alicyclic amines) is 1. The highest BCUT2D eigenvalue weighted by molar-refractivity contribution is 5.25. The molecule has 3 heteroatoms. The normalized spacial score (nSPS) is 20.6. The Morgan fingerprint density at radius 2 is 1.81 bits per heavy atom. The van der Waals surface area contributed by atoms with Gasteiger partial charge in [-0.15, -0.1) is 0 Å². The van der Waals surface area contributed by atoms with Gasteiger partial charge in [-0.3, -0.25) is 0 Å². The van der Waals surface area contributed by atoms with Crippen LogP contribution in [0.15, 0.2) is 30.3 Å². The average Bonchev–Trinajstić information content (AvgIpc) is 2.49. The minimum absolute atomic E-state index is 0.157. The fraction of sp³-hybridized carbons (Fsp3) is 0.667. The second kappa shape index (κ2) is 7.39. The monoisotopic (exact) mass is 290 g/mol. The molecule has 1 aliphatic rings. The first kappa shape index (κ1) is 16.5. The summed E-state index contributed by atoms with van der Waals surface area (Å²) in [6.45, 7) is 6.83. The Labute approximate surface area is 129 Å². The van der Waals surface area contributed by atoms with Gasteiger partial charge in [-0.2, -0.15) is 0 Å². The maximum absolute atomic E-state index is 9.91. The number of aliphatic hydroxyl groups excluding tert-OH is 1. The molecular formula is C18H30N2O. The SMILES string of the molecule is CN(C)CC1CCN(CC(C)(CO)c2ccccc2)CC1. The first-order valence-electron chi connectivity index (χ1n) is 8.07. The molecule has 0 radical (unpaired) electrons. The Kier molecular flexibility index (Phi) is 5.80. The first-order valence-corrected chi connectivity index (χ1v) is 8.07. The second-order valence-electron chi connectivity index (χ2n) is 7.07. The lowest BCUT2D eigenvalue weighted by Crippen LogP contribution is -2.45. The average molecular weight is 290 g/mol. The Hall–Kier alpha value is -0.900. The van der Waals surface area contributed by atoms with E-state index < -0.39 is 0 Å². The molecule has 1 N–H and O–H groups in total. The lowest BCUT2D eigenvalue weighted by Gasteiger charge is -2.39. The van der Waals surface area contributed by atoms with Crippen LogP contribution < -0.4 is 0 Å². The molecule has 0 spiro atoms. The molecule has 1 heterocycles. The molecule has 1 fully saturated rings. The highest BCUT2D eigenvalue weighted by Crippen LogP contribution is 2.27. The van der Waals surface area contributed by atoms with E-state index in [-0.39, 0.29) is 12.0 Å².